The number of hydrogen-bond donors (Lipinski definition) is 3. The molecule has 0 aromatic rings. The van der Waals surface area contributed by atoms with Gasteiger partial charge in [0.2, 0.25) is 5.91 Å². The van der Waals surface area contributed by atoms with Gasteiger partial charge < -0.3 is 15.5 Å². The Morgan fingerprint density at radius 1 is 1.11 bits per heavy atom. The van der Waals surface area contributed by atoms with Gasteiger partial charge in [0.15, 0.2) is 0 Å². The third kappa shape index (κ3) is 3.45. The molecule has 102 valence electrons. The molecule has 18 heavy (non-hydrogen) atoms. The SMILES string of the molecule is CC(C)C(NC(=O)C1CCC(C(=O)O)C1)C(=O)O. The highest BCUT2D eigenvalue weighted by molar-refractivity contribution is 5.86. The lowest BCUT2D eigenvalue weighted by Crippen LogP contribution is -2.46. The standard InChI is InChI=1S/C12H19NO5/c1-6(2)9(12(17)18)13-10(14)7-3-4-8(5-7)11(15)16/h6-9H,3-5H2,1-2H3,(H,13,14)(H,15,16)(H,17,18). The van der Waals surface area contributed by atoms with Crippen molar-refractivity contribution in [2.75, 3.05) is 0 Å². The van der Waals surface area contributed by atoms with E-state index >= 15 is 0 Å². The van der Waals surface area contributed by atoms with Gasteiger partial charge in [0.05, 0.1) is 5.92 Å². The number of hydrogen-bond acceptors (Lipinski definition) is 3. The Balaban J connectivity index is 2.56. The predicted molar refractivity (Wildman–Crippen MR) is 62.9 cm³/mol. The van der Waals surface area contributed by atoms with E-state index in [1.807, 2.05) is 0 Å². The van der Waals surface area contributed by atoms with Crippen LogP contribution < -0.4 is 5.32 Å². The zero-order valence-electron chi connectivity index (χ0n) is 10.5. The summed E-state index contributed by atoms with van der Waals surface area (Å²) < 4.78 is 0. The molecule has 1 fully saturated rings. The van der Waals surface area contributed by atoms with Crippen molar-refractivity contribution in [3.63, 3.8) is 0 Å². The molecule has 0 heterocycles. The van der Waals surface area contributed by atoms with E-state index in [0.717, 1.165) is 0 Å². The summed E-state index contributed by atoms with van der Waals surface area (Å²) in [6.07, 6.45) is 1.28. The van der Waals surface area contributed by atoms with Crippen LogP contribution in [-0.4, -0.2) is 34.1 Å². The maximum atomic E-state index is 11.9. The first-order valence-corrected chi connectivity index (χ1v) is 6.09. The number of nitrogens with one attached hydrogen (secondary N) is 1. The van der Waals surface area contributed by atoms with Crippen molar-refractivity contribution >= 4 is 17.8 Å². The van der Waals surface area contributed by atoms with Crippen molar-refractivity contribution in [3.05, 3.63) is 0 Å². The first-order chi connectivity index (χ1) is 8.32. The highest BCUT2D eigenvalue weighted by atomic mass is 16.4. The summed E-state index contributed by atoms with van der Waals surface area (Å²) in [6, 6.07) is -0.915. The molecule has 0 bridgehead atoms. The van der Waals surface area contributed by atoms with E-state index in [0.29, 0.717) is 19.3 Å². The van der Waals surface area contributed by atoms with Crippen molar-refractivity contribution in [2.24, 2.45) is 17.8 Å². The number of carbonyl (C=O) groups excluding carboxylic acids is 1. The quantitative estimate of drug-likeness (QED) is 0.673. The van der Waals surface area contributed by atoms with Crippen LogP contribution in [0.4, 0.5) is 0 Å². The van der Waals surface area contributed by atoms with Crippen molar-refractivity contribution in [1.29, 1.82) is 0 Å². The summed E-state index contributed by atoms with van der Waals surface area (Å²) in [6.45, 7) is 3.43. The Bertz CT molecular complexity index is 352. The number of carboxylic acids is 2. The van der Waals surface area contributed by atoms with E-state index < -0.39 is 23.9 Å². The highest BCUT2D eigenvalue weighted by Gasteiger charge is 2.35. The minimum absolute atomic E-state index is 0.205. The van der Waals surface area contributed by atoms with E-state index in [4.69, 9.17) is 10.2 Å². The summed E-state index contributed by atoms with van der Waals surface area (Å²) in [5.74, 6) is -3.37. The van der Waals surface area contributed by atoms with Gasteiger partial charge in [-0.1, -0.05) is 13.8 Å². The van der Waals surface area contributed by atoms with Crippen LogP contribution in [0.2, 0.25) is 0 Å². The summed E-state index contributed by atoms with van der Waals surface area (Å²) in [7, 11) is 0. The van der Waals surface area contributed by atoms with E-state index in [1.165, 1.54) is 0 Å². The van der Waals surface area contributed by atoms with Gasteiger partial charge >= 0.3 is 11.9 Å². The Labute approximate surface area is 105 Å². The predicted octanol–water partition coefficient (Wildman–Crippen LogP) is 0.713. The topological polar surface area (TPSA) is 104 Å². The molecule has 3 unspecified atom stereocenters. The van der Waals surface area contributed by atoms with Gasteiger partial charge in [-0.05, 0) is 25.2 Å². The fourth-order valence-corrected chi connectivity index (χ4v) is 2.23. The van der Waals surface area contributed by atoms with Gasteiger partial charge in [-0.2, -0.15) is 0 Å². The molecule has 1 amide bonds. The van der Waals surface area contributed by atoms with Crippen LogP contribution in [-0.2, 0) is 14.4 Å². The molecule has 0 aromatic heterocycles. The van der Waals surface area contributed by atoms with Gasteiger partial charge in [0, 0.05) is 5.92 Å². The molecule has 0 aliphatic heterocycles. The Hall–Kier alpha value is -1.59. The zero-order valence-corrected chi connectivity index (χ0v) is 10.5. The van der Waals surface area contributed by atoms with Crippen LogP contribution in [0.3, 0.4) is 0 Å². The minimum Gasteiger partial charge on any atom is -0.481 e. The molecule has 1 aliphatic rings. The average Bonchev–Trinajstić information content (AvgIpc) is 2.73. The van der Waals surface area contributed by atoms with Crippen LogP contribution in [0.25, 0.3) is 0 Å². The number of aliphatic carboxylic acids is 2. The van der Waals surface area contributed by atoms with E-state index in [9.17, 15) is 14.4 Å². The Morgan fingerprint density at radius 3 is 2.06 bits per heavy atom. The zero-order chi connectivity index (χ0) is 13.9. The van der Waals surface area contributed by atoms with Crippen LogP contribution in [0, 0.1) is 17.8 Å². The largest absolute Gasteiger partial charge is 0.481 e. The minimum atomic E-state index is -1.06. The van der Waals surface area contributed by atoms with Crippen molar-refractivity contribution in [3.8, 4) is 0 Å². The van der Waals surface area contributed by atoms with E-state index in [-0.39, 0.29) is 17.7 Å². The smallest absolute Gasteiger partial charge is 0.326 e. The Morgan fingerprint density at radius 2 is 1.67 bits per heavy atom. The number of rotatable bonds is 5. The summed E-state index contributed by atoms with van der Waals surface area (Å²) in [5.41, 5.74) is 0. The van der Waals surface area contributed by atoms with Crippen LogP contribution in [0.1, 0.15) is 33.1 Å². The molecule has 0 spiro atoms. The Kier molecular flexibility index (Phi) is 4.69. The second kappa shape index (κ2) is 5.84. The van der Waals surface area contributed by atoms with Crippen molar-refractivity contribution in [2.45, 2.75) is 39.2 Å². The van der Waals surface area contributed by atoms with Crippen LogP contribution >= 0.6 is 0 Å². The molecular formula is C12H19NO5. The lowest BCUT2D eigenvalue weighted by molar-refractivity contribution is -0.144. The van der Waals surface area contributed by atoms with Gasteiger partial charge in [0.1, 0.15) is 6.04 Å². The summed E-state index contributed by atoms with van der Waals surface area (Å²) in [4.78, 5) is 33.6. The average molecular weight is 257 g/mol. The number of carboxylic acid groups (broad SMARTS) is 2. The number of amides is 1. The fraction of sp³-hybridized carbons (Fsp3) is 0.750. The molecule has 6 heteroatoms. The second-order valence-corrected chi connectivity index (χ2v) is 5.11. The third-order valence-electron chi connectivity index (χ3n) is 3.38. The van der Waals surface area contributed by atoms with Gasteiger partial charge in [0.25, 0.3) is 0 Å². The summed E-state index contributed by atoms with van der Waals surface area (Å²) >= 11 is 0. The molecule has 0 aromatic carbocycles. The van der Waals surface area contributed by atoms with E-state index in [1.54, 1.807) is 13.8 Å². The van der Waals surface area contributed by atoms with Crippen LogP contribution in [0.15, 0.2) is 0 Å². The third-order valence-corrected chi connectivity index (χ3v) is 3.38. The molecule has 0 radical (unpaired) electrons. The molecular weight excluding hydrogens is 238 g/mol. The van der Waals surface area contributed by atoms with Gasteiger partial charge in [-0.25, -0.2) is 4.79 Å². The normalized spacial score (nSPS) is 24.8. The number of carbonyl (C=O) groups is 3. The molecule has 1 rings (SSSR count). The first-order valence-electron chi connectivity index (χ1n) is 6.09. The molecule has 0 saturated heterocycles. The summed E-state index contributed by atoms with van der Waals surface area (Å²) in [5, 5.41) is 20.3. The lowest BCUT2D eigenvalue weighted by Gasteiger charge is -2.20. The second-order valence-electron chi connectivity index (χ2n) is 5.11. The lowest BCUT2D eigenvalue weighted by atomic mass is 10.0. The molecule has 3 N–H and O–H groups in total. The highest BCUT2D eigenvalue weighted by Crippen LogP contribution is 2.31. The molecule has 1 aliphatic carbocycles. The van der Waals surface area contributed by atoms with Crippen LogP contribution in [0.5, 0.6) is 0 Å². The van der Waals surface area contributed by atoms with Crippen molar-refractivity contribution in [1.82, 2.24) is 5.32 Å². The molecule has 6 nitrogen and oxygen atoms in total. The monoisotopic (exact) mass is 257 g/mol. The van der Waals surface area contributed by atoms with Gasteiger partial charge in [-0.3, -0.25) is 9.59 Å². The maximum absolute atomic E-state index is 11.9. The van der Waals surface area contributed by atoms with E-state index in [2.05, 4.69) is 5.32 Å². The van der Waals surface area contributed by atoms with Gasteiger partial charge in [-0.15, -0.1) is 0 Å². The fourth-order valence-electron chi connectivity index (χ4n) is 2.23. The van der Waals surface area contributed by atoms with Crippen molar-refractivity contribution < 1.29 is 24.6 Å². The first kappa shape index (κ1) is 14.5. The maximum Gasteiger partial charge on any atom is 0.326 e. The molecule has 1 saturated carbocycles. The molecule has 3 atom stereocenters.